The van der Waals surface area contributed by atoms with Gasteiger partial charge in [-0.3, -0.25) is 4.79 Å². The molecule has 4 heteroatoms. The molecule has 0 aliphatic heterocycles. The standard InChI is InChI=1S/C22H24N2O2/c1-2-18-8-10-19(11-9-18)12-13-22(25)26-17-21-23-14-15-24(21)16-20-6-4-3-5-7-20/h3-11,14-15H,2,12-13,16-17H2,1H3. The van der Waals surface area contributed by atoms with Crippen LogP contribution >= 0.6 is 0 Å². The van der Waals surface area contributed by atoms with E-state index in [1.54, 1.807) is 6.20 Å². The average Bonchev–Trinajstić information content (AvgIpc) is 3.13. The SMILES string of the molecule is CCc1ccc(CCC(=O)OCc2nccn2Cc2ccccc2)cc1. The van der Waals surface area contributed by atoms with Crippen molar-refractivity contribution in [2.24, 2.45) is 0 Å². The molecule has 0 amide bonds. The van der Waals surface area contributed by atoms with E-state index in [-0.39, 0.29) is 12.6 Å². The second-order valence-electron chi connectivity index (χ2n) is 6.29. The highest BCUT2D eigenvalue weighted by molar-refractivity contribution is 5.69. The summed E-state index contributed by atoms with van der Waals surface area (Å²) in [5.41, 5.74) is 3.65. The first kappa shape index (κ1) is 17.9. The predicted octanol–water partition coefficient (Wildman–Crippen LogP) is 4.17. The third kappa shape index (κ3) is 5.06. The van der Waals surface area contributed by atoms with Gasteiger partial charge < -0.3 is 9.30 Å². The van der Waals surface area contributed by atoms with Crippen LogP contribution < -0.4 is 0 Å². The second-order valence-corrected chi connectivity index (χ2v) is 6.29. The molecule has 26 heavy (non-hydrogen) atoms. The lowest BCUT2D eigenvalue weighted by atomic mass is 10.1. The first-order valence-corrected chi connectivity index (χ1v) is 9.02. The Kier molecular flexibility index (Phi) is 6.20. The molecule has 134 valence electrons. The molecule has 1 heterocycles. The normalized spacial score (nSPS) is 10.7. The zero-order valence-corrected chi connectivity index (χ0v) is 15.1. The fraction of sp³-hybridized carbons (Fsp3) is 0.273. The van der Waals surface area contributed by atoms with E-state index in [1.807, 2.05) is 29.0 Å². The van der Waals surface area contributed by atoms with Crippen molar-refractivity contribution in [3.05, 3.63) is 89.5 Å². The lowest BCUT2D eigenvalue weighted by Crippen LogP contribution is -2.10. The molecule has 0 saturated carbocycles. The van der Waals surface area contributed by atoms with Crippen LogP contribution in [0.2, 0.25) is 0 Å². The van der Waals surface area contributed by atoms with E-state index >= 15 is 0 Å². The highest BCUT2D eigenvalue weighted by atomic mass is 16.5. The molecule has 1 aromatic heterocycles. The van der Waals surface area contributed by atoms with Crippen LogP contribution in [0, 0.1) is 0 Å². The zero-order valence-electron chi connectivity index (χ0n) is 15.1. The molecule has 2 aromatic carbocycles. The number of carbonyl (C=O) groups is 1. The van der Waals surface area contributed by atoms with Gasteiger partial charge >= 0.3 is 5.97 Å². The number of esters is 1. The van der Waals surface area contributed by atoms with Crippen molar-refractivity contribution in [2.75, 3.05) is 0 Å². The van der Waals surface area contributed by atoms with Crippen molar-refractivity contribution < 1.29 is 9.53 Å². The molecule has 3 rings (SSSR count). The average molecular weight is 348 g/mol. The van der Waals surface area contributed by atoms with Crippen LogP contribution in [0.3, 0.4) is 0 Å². The molecule has 0 bridgehead atoms. The Bertz CT molecular complexity index is 823. The van der Waals surface area contributed by atoms with Gasteiger partial charge in [0.1, 0.15) is 12.4 Å². The quantitative estimate of drug-likeness (QED) is 0.574. The summed E-state index contributed by atoms with van der Waals surface area (Å²) in [5, 5.41) is 0. The van der Waals surface area contributed by atoms with Crippen molar-refractivity contribution in [3.63, 3.8) is 0 Å². The Morgan fingerprint density at radius 1 is 1.00 bits per heavy atom. The number of imidazole rings is 1. The van der Waals surface area contributed by atoms with Crippen LogP contribution in [0.25, 0.3) is 0 Å². The van der Waals surface area contributed by atoms with Crippen LogP contribution in [0.4, 0.5) is 0 Å². The van der Waals surface area contributed by atoms with Crippen LogP contribution in [-0.4, -0.2) is 15.5 Å². The number of hydrogen-bond donors (Lipinski definition) is 0. The molecule has 4 nitrogen and oxygen atoms in total. The second kappa shape index (κ2) is 8.99. The van der Waals surface area contributed by atoms with Gasteiger partial charge in [0.25, 0.3) is 0 Å². The fourth-order valence-electron chi connectivity index (χ4n) is 2.81. The van der Waals surface area contributed by atoms with Gasteiger partial charge in [0.15, 0.2) is 0 Å². The molecule has 0 atom stereocenters. The molecular formula is C22H24N2O2. The van der Waals surface area contributed by atoms with Gasteiger partial charge in [-0.1, -0.05) is 61.5 Å². The Labute approximate surface area is 154 Å². The van der Waals surface area contributed by atoms with Gasteiger partial charge in [0, 0.05) is 25.4 Å². The number of aryl methyl sites for hydroxylation is 2. The highest BCUT2D eigenvalue weighted by Crippen LogP contribution is 2.10. The van der Waals surface area contributed by atoms with Gasteiger partial charge in [0.05, 0.1) is 0 Å². The van der Waals surface area contributed by atoms with Crippen LogP contribution in [0.1, 0.15) is 35.9 Å². The molecule has 0 aliphatic rings. The predicted molar refractivity (Wildman–Crippen MR) is 102 cm³/mol. The third-order valence-electron chi connectivity index (χ3n) is 4.41. The maximum absolute atomic E-state index is 12.0. The summed E-state index contributed by atoms with van der Waals surface area (Å²) in [6, 6.07) is 18.5. The number of hydrogen-bond acceptors (Lipinski definition) is 3. The molecule has 0 N–H and O–H groups in total. The van der Waals surface area contributed by atoms with E-state index in [0.717, 1.165) is 24.4 Å². The van der Waals surface area contributed by atoms with E-state index in [4.69, 9.17) is 4.74 Å². The molecule has 0 saturated heterocycles. The Balaban J connectivity index is 1.48. The van der Waals surface area contributed by atoms with Gasteiger partial charge in [-0.15, -0.1) is 0 Å². The summed E-state index contributed by atoms with van der Waals surface area (Å²) >= 11 is 0. The zero-order chi connectivity index (χ0) is 18.2. The number of ether oxygens (including phenoxy) is 1. The number of carbonyl (C=O) groups excluding carboxylic acids is 1. The van der Waals surface area contributed by atoms with Gasteiger partial charge in [-0.2, -0.15) is 0 Å². The van der Waals surface area contributed by atoms with E-state index < -0.39 is 0 Å². The Morgan fingerprint density at radius 2 is 1.73 bits per heavy atom. The van der Waals surface area contributed by atoms with Gasteiger partial charge in [0.2, 0.25) is 0 Å². The minimum absolute atomic E-state index is 0.196. The van der Waals surface area contributed by atoms with Crippen molar-refractivity contribution >= 4 is 5.97 Å². The minimum Gasteiger partial charge on any atom is -0.457 e. The van der Waals surface area contributed by atoms with Crippen molar-refractivity contribution in [1.29, 1.82) is 0 Å². The first-order chi connectivity index (χ1) is 12.7. The van der Waals surface area contributed by atoms with E-state index in [9.17, 15) is 4.79 Å². The maximum atomic E-state index is 12.0. The summed E-state index contributed by atoms with van der Waals surface area (Å²) in [6.07, 6.45) is 5.75. The molecule has 0 aliphatic carbocycles. The monoisotopic (exact) mass is 348 g/mol. The van der Waals surface area contributed by atoms with E-state index in [0.29, 0.717) is 12.8 Å². The van der Waals surface area contributed by atoms with Crippen molar-refractivity contribution in [1.82, 2.24) is 9.55 Å². The van der Waals surface area contributed by atoms with E-state index in [1.165, 1.54) is 11.1 Å². The van der Waals surface area contributed by atoms with Crippen LogP contribution in [0.15, 0.2) is 67.0 Å². The molecule has 0 unspecified atom stereocenters. The topological polar surface area (TPSA) is 44.1 Å². The maximum Gasteiger partial charge on any atom is 0.306 e. The first-order valence-electron chi connectivity index (χ1n) is 9.02. The summed E-state index contributed by atoms with van der Waals surface area (Å²) in [6.45, 7) is 3.05. The molecule has 0 spiro atoms. The summed E-state index contributed by atoms with van der Waals surface area (Å²) < 4.78 is 7.42. The molecule has 0 radical (unpaired) electrons. The minimum atomic E-state index is -0.196. The summed E-state index contributed by atoms with van der Waals surface area (Å²) in [4.78, 5) is 16.4. The molecular weight excluding hydrogens is 324 g/mol. The van der Waals surface area contributed by atoms with Gasteiger partial charge in [-0.05, 0) is 29.5 Å². The Hall–Kier alpha value is -2.88. The fourth-order valence-corrected chi connectivity index (χ4v) is 2.81. The van der Waals surface area contributed by atoms with Crippen LogP contribution in [0.5, 0.6) is 0 Å². The lowest BCUT2D eigenvalue weighted by Gasteiger charge is -2.09. The number of nitrogens with zero attached hydrogens (tertiary/aromatic N) is 2. The van der Waals surface area contributed by atoms with Gasteiger partial charge in [-0.25, -0.2) is 4.98 Å². The van der Waals surface area contributed by atoms with Crippen molar-refractivity contribution in [2.45, 2.75) is 39.3 Å². The molecule has 3 aromatic rings. The van der Waals surface area contributed by atoms with Crippen LogP contribution in [-0.2, 0) is 35.5 Å². The largest absolute Gasteiger partial charge is 0.457 e. The van der Waals surface area contributed by atoms with E-state index in [2.05, 4.69) is 48.3 Å². The Morgan fingerprint density at radius 3 is 2.46 bits per heavy atom. The number of benzene rings is 2. The third-order valence-corrected chi connectivity index (χ3v) is 4.41. The lowest BCUT2D eigenvalue weighted by molar-refractivity contribution is -0.145. The summed E-state index contributed by atoms with van der Waals surface area (Å²) in [5.74, 6) is 0.563. The summed E-state index contributed by atoms with van der Waals surface area (Å²) in [7, 11) is 0. The molecule has 0 fully saturated rings. The highest BCUT2D eigenvalue weighted by Gasteiger charge is 2.08. The number of rotatable bonds is 8. The number of aromatic nitrogens is 2. The van der Waals surface area contributed by atoms with Crippen molar-refractivity contribution in [3.8, 4) is 0 Å². The smallest absolute Gasteiger partial charge is 0.306 e.